The third-order valence-corrected chi connectivity index (χ3v) is 9.25. The molecule has 0 saturated carbocycles. The second-order valence-corrected chi connectivity index (χ2v) is 13.3. The van der Waals surface area contributed by atoms with E-state index in [-0.39, 0.29) is 11.7 Å². The molecule has 0 aliphatic carbocycles. The highest BCUT2D eigenvalue weighted by molar-refractivity contribution is 7.90. The number of H-pyrrole nitrogens is 1. The molecule has 10 nitrogen and oxygen atoms in total. The van der Waals surface area contributed by atoms with Gasteiger partial charge in [-0.2, -0.15) is 10.2 Å². The van der Waals surface area contributed by atoms with Gasteiger partial charge in [-0.15, -0.1) is 11.3 Å². The smallest absolute Gasteiger partial charge is 0.197 e. The first-order valence-electron chi connectivity index (χ1n) is 12.5. The van der Waals surface area contributed by atoms with Gasteiger partial charge in [0.25, 0.3) is 0 Å². The Morgan fingerprint density at radius 1 is 1.27 bits per heavy atom. The Morgan fingerprint density at radius 3 is 2.70 bits per heavy atom. The SMILES string of the molecule is COc1cc(-c2[nH]nc(-c3nc(C)c(C4CCN(CCS(C)(=O)=O)CC4)s3)c2C(C)C)cn2ncnc12. The number of sulfone groups is 1. The zero-order chi connectivity index (χ0) is 26.3. The van der Waals surface area contributed by atoms with E-state index in [1.165, 1.54) is 17.5 Å². The summed E-state index contributed by atoms with van der Waals surface area (Å²) in [5, 5.41) is 13.2. The number of nitrogens with one attached hydrogen (secondary N) is 1. The number of aryl methyl sites for hydroxylation is 1. The molecule has 198 valence electrons. The van der Waals surface area contributed by atoms with Gasteiger partial charge in [0, 0.05) is 35.0 Å². The first-order chi connectivity index (χ1) is 17.6. The predicted octanol–water partition coefficient (Wildman–Crippen LogP) is 3.91. The average Bonchev–Trinajstić information content (AvgIpc) is 3.59. The van der Waals surface area contributed by atoms with E-state index in [9.17, 15) is 8.42 Å². The Kier molecular flexibility index (Phi) is 7.08. The maximum Gasteiger partial charge on any atom is 0.197 e. The van der Waals surface area contributed by atoms with E-state index in [0.29, 0.717) is 23.9 Å². The molecular formula is C25H33N7O3S2. The topological polar surface area (TPSA) is 118 Å². The third-order valence-electron chi connectivity index (χ3n) is 7.00. The van der Waals surface area contributed by atoms with Gasteiger partial charge in [0.2, 0.25) is 0 Å². The first-order valence-corrected chi connectivity index (χ1v) is 15.4. The third kappa shape index (κ3) is 5.27. The van der Waals surface area contributed by atoms with Crippen molar-refractivity contribution < 1.29 is 13.2 Å². The molecule has 1 N–H and O–H groups in total. The fourth-order valence-corrected chi connectivity index (χ4v) is 6.91. The number of hydrogen-bond acceptors (Lipinski definition) is 9. The van der Waals surface area contributed by atoms with Crippen molar-refractivity contribution >= 4 is 26.8 Å². The Morgan fingerprint density at radius 2 is 2.03 bits per heavy atom. The van der Waals surface area contributed by atoms with Gasteiger partial charge in [0.1, 0.15) is 26.9 Å². The highest BCUT2D eigenvalue weighted by Gasteiger charge is 2.28. The fourth-order valence-electron chi connectivity index (χ4n) is 5.08. The molecule has 0 spiro atoms. The van der Waals surface area contributed by atoms with Crippen LogP contribution in [0.15, 0.2) is 18.6 Å². The second kappa shape index (κ2) is 10.1. The standard InChI is InChI=1S/C25H33N7O3S2/c1-15(2)20-21(18-12-19(35-4)24-26-14-27-32(24)13-18)29-30-22(20)25-28-16(3)23(36-25)17-6-8-31(9-7-17)10-11-37(5,33)34/h12-15,17H,6-11H2,1-5H3,(H,29,30). The fraction of sp³-hybridized carbons (Fsp3) is 0.520. The summed E-state index contributed by atoms with van der Waals surface area (Å²) in [6.07, 6.45) is 6.76. The van der Waals surface area contributed by atoms with Gasteiger partial charge in [-0.3, -0.25) is 5.10 Å². The van der Waals surface area contributed by atoms with Gasteiger partial charge < -0.3 is 9.64 Å². The number of thiazole rings is 1. The van der Waals surface area contributed by atoms with E-state index in [2.05, 4.69) is 40.9 Å². The van der Waals surface area contributed by atoms with E-state index < -0.39 is 9.84 Å². The first kappa shape index (κ1) is 25.8. The van der Waals surface area contributed by atoms with E-state index in [1.54, 1.807) is 23.0 Å². The molecule has 0 unspecified atom stereocenters. The number of pyridine rings is 1. The minimum absolute atomic E-state index is 0.215. The Balaban J connectivity index is 1.42. The minimum atomic E-state index is -2.94. The van der Waals surface area contributed by atoms with E-state index in [4.69, 9.17) is 14.8 Å². The van der Waals surface area contributed by atoms with Crippen LogP contribution in [0.25, 0.3) is 27.6 Å². The van der Waals surface area contributed by atoms with Crippen molar-refractivity contribution in [1.82, 2.24) is 34.7 Å². The average molecular weight is 544 g/mol. The van der Waals surface area contributed by atoms with Crippen molar-refractivity contribution in [3.05, 3.63) is 34.7 Å². The summed E-state index contributed by atoms with van der Waals surface area (Å²) in [4.78, 5) is 12.8. The van der Waals surface area contributed by atoms with Gasteiger partial charge in [-0.25, -0.2) is 22.9 Å². The summed E-state index contributed by atoms with van der Waals surface area (Å²) in [7, 11) is -1.31. The molecule has 0 aromatic carbocycles. The van der Waals surface area contributed by atoms with Crippen molar-refractivity contribution in [2.75, 3.05) is 38.8 Å². The number of fused-ring (bicyclic) bond motifs is 1. The molecular weight excluding hydrogens is 510 g/mol. The van der Waals surface area contributed by atoms with Crippen molar-refractivity contribution in [3.63, 3.8) is 0 Å². The summed E-state index contributed by atoms with van der Waals surface area (Å²) in [6, 6.07) is 1.96. The van der Waals surface area contributed by atoms with Crippen LogP contribution < -0.4 is 4.74 Å². The molecule has 0 bridgehead atoms. The summed E-state index contributed by atoms with van der Waals surface area (Å²) < 4.78 is 30.3. The molecule has 0 radical (unpaired) electrons. The normalized spacial score (nSPS) is 15.7. The number of methoxy groups -OCH3 is 1. The molecule has 5 heterocycles. The van der Waals surface area contributed by atoms with Gasteiger partial charge in [0.15, 0.2) is 11.4 Å². The molecule has 1 saturated heterocycles. The number of aromatic amines is 1. The molecule has 12 heteroatoms. The number of hydrogen-bond donors (Lipinski definition) is 1. The van der Waals surface area contributed by atoms with Crippen LogP contribution in [0.5, 0.6) is 5.75 Å². The van der Waals surface area contributed by atoms with E-state index in [1.807, 2.05) is 12.3 Å². The summed E-state index contributed by atoms with van der Waals surface area (Å²) in [6.45, 7) is 8.83. The Hall–Kier alpha value is -2.83. The van der Waals surface area contributed by atoms with E-state index >= 15 is 0 Å². The molecule has 0 atom stereocenters. The van der Waals surface area contributed by atoms with Gasteiger partial charge >= 0.3 is 0 Å². The molecule has 5 rings (SSSR count). The van der Waals surface area contributed by atoms with Gasteiger partial charge in [0.05, 0.1) is 24.3 Å². The van der Waals surface area contributed by atoms with Crippen molar-refractivity contribution in [1.29, 1.82) is 0 Å². The van der Waals surface area contributed by atoms with Crippen molar-refractivity contribution in [2.24, 2.45) is 0 Å². The lowest BCUT2D eigenvalue weighted by Gasteiger charge is -2.31. The summed E-state index contributed by atoms with van der Waals surface area (Å²) in [5.74, 6) is 1.51. The maximum atomic E-state index is 11.5. The zero-order valence-electron chi connectivity index (χ0n) is 21.9. The highest BCUT2D eigenvalue weighted by atomic mass is 32.2. The van der Waals surface area contributed by atoms with Crippen LogP contribution in [0.3, 0.4) is 0 Å². The summed E-state index contributed by atoms with van der Waals surface area (Å²) >= 11 is 1.73. The highest BCUT2D eigenvalue weighted by Crippen LogP contribution is 2.42. The molecule has 0 amide bonds. The van der Waals surface area contributed by atoms with Crippen LogP contribution in [0.4, 0.5) is 0 Å². The van der Waals surface area contributed by atoms with Gasteiger partial charge in [-0.1, -0.05) is 13.8 Å². The molecule has 4 aromatic heterocycles. The largest absolute Gasteiger partial charge is 0.493 e. The second-order valence-electron chi connectivity index (χ2n) is 10.1. The number of aromatic nitrogens is 6. The number of ether oxygens (including phenoxy) is 1. The number of nitrogens with zero attached hydrogens (tertiary/aromatic N) is 6. The lowest BCUT2D eigenvalue weighted by Crippen LogP contribution is -2.36. The molecule has 1 aliphatic rings. The molecule has 1 fully saturated rings. The van der Waals surface area contributed by atoms with Crippen LogP contribution in [0.1, 0.15) is 54.7 Å². The lowest BCUT2D eigenvalue weighted by molar-refractivity contribution is 0.224. The van der Waals surface area contributed by atoms with Crippen LogP contribution in [-0.4, -0.2) is 81.8 Å². The van der Waals surface area contributed by atoms with Crippen LogP contribution >= 0.6 is 11.3 Å². The molecule has 37 heavy (non-hydrogen) atoms. The van der Waals surface area contributed by atoms with Crippen LogP contribution in [0, 0.1) is 6.92 Å². The number of piperidine rings is 1. The number of likely N-dealkylation sites (tertiary alicyclic amines) is 1. The van der Waals surface area contributed by atoms with Crippen LogP contribution in [-0.2, 0) is 9.84 Å². The minimum Gasteiger partial charge on any atom is -0.493 e. The predicted molar refractivity (Wildman–Crippen MR) is 145 cm³/mol. The summed E-state index contributed by atoms with van der Waals surface area (Å²) in [5.41, 5.74) is 5.56. The molecule has 4 aromatic rings. The molecule has 1 aliphatic heterocycles. The lowest BCUT2D eigenvalue weighted by atomic mass is 9.94. The quantitative estimate of drug-likeness (QED) is 0.355. The monoisotopic (exact) mass is 543 g/mol. The van der Waals surface area contributed by atoms with Crippen LogP contribution in [0.2, 0.25) is 0 Å². The zero-order valence-corrected chi connectivity index (χ0v) is 23.5. The van der Waals surface area contributed by atoms with Crippen molar-refractivity contribution in [2.45, 2.75) is 45.4 Å². The van der Waals surface area contributed by atoms with E-state index in [0.717, 1.165) is 59.1 Å². The van der Waals surface area contributed by atoms with Crippen molar-refractivity contribution in [3.8, 4) is 27.7 Å². The Labute approximate surface area is 221 Å². The van der Waals surface area contributed by atoms with Gasteiger partial charge in [-0.05, 0) is 50.8 Å². The Bertz CT molecular complexity index is 1510. The number of rotatable bonds is 8. The maximum absolute atomic E-state index is 11.5.